The van der Waals surface area contributed by atoms with E-state index in [9.17, 15) is 9.18 Å². The van der Waals surface area contributed by atoms with Crippen molar-refractivity contribution in [3.63, 3.8) is 0 Å². The largest absolute Gasteiger partial charge is 0.368 e. The van der Waals surface area contributed by atoms with E-state index in [1.165, 1.54) is 12.1 Å². The molecule has 0 heterocycles. The molecular formula is C15H20BrFO2. The molecule has 2 nitrogen and oxygen atoms in total. The summed E-state index contributed by atoms with van der Waals surface area (Å²) < 4.78 is 19.6. The molecule has 0 amide bonds. The van der Waals surface area contributed by atoms with Crippen molar-refractivity contribution in [3.05, 3.63) is 34.1 Å². The number of carbonyl (C=O) groups is 1. The van der Waals surface area contributed by atoms with Crippen molar-refractivity contribution in [3.8, 4) is 0 Å². The minimum Gasteiger partial charge on any atom is -0.368 e. The third-order valence-electron chi connectivity index (χ3n) is 3.36. The first-order valence-corrected chi connectivity index (χ1v) is 7.39. The van der Waals surface area contributed by atoms with Gasteiger partial charge in [-0.3, -0.25) is 4.79 Å². The normalized spacial score (nSPS) is 11.6. The van der Waals surface area contributed by atoms with Crippen LogP contribution in [0.25, 0.3) is 0 Å². The van der Waals surface area contributed by atoms with Crippen LogP contribution in [-0.2, 0) is 16.0 Å². The monoisotopic (exact) mass is 330 g/mol. The molecule has 0 aliphatic carbocycles. The Morgan fingerprint density at radius 1 is 1.26 bits per heavy atom. The maximum atomic E-state index is 13.3. The summed E-state index contributed by atoms with van der Waals surface area (Å²) in [5.41, 5.74) is -0.0732. The first-order valence-electron chi connectivity index (χ1n) is 6.59. The highest BCUT2D eigenvalue weighted by molar-refractivity contribution is 9.10. The predicted molar refractivity (Wildman–Crippen MR) is 77.8 cm³/mol. The van der Waals surface area contributed by atoms with E-state index >= 15 is 0 Å². The van der Waals surface area contributed by atoms with E-state index in [0.717, 1.165) is 0 Å². The minimum absolute atomic E-state index is 0.0110. The number of rotatable bonds is 7. The zero-order valence-corrected chi connectivity index (χ0v) is 13.2. The summed E-state index contributed by atoms with van der Waals surface area (Å²) >= 11 is 3.24. The Hall–Kier alpha value is -0.740. The molecule has 1 aromatic carbocycles. The maximum Gasteiger partial charge on any atom is 0.168 e. The van der Waals surface area contributed by atoms with E-state index < -0.39 is 5.60 Å². The lowest BCUT2D eigenvalue weighted by Gasteiger charge is -2.30. The van der Waals surface area contributed by atoms with Crippen molar-refractivity contribution < 1.29 is 13.9 Å². The topological polar surface area (TPSA) is 26.3 Å². The lowest BCUT2D eigenvalue weighted by molar-refractivity contribution is -0.144. The second-order valence-electron chi connectivity index (χ2n) is 4.51. The fourth-order valence-electron chi connectivity index (χ4n) is 2.26. The molecule has 0 bridgehead atoms. The first kappa shape index (κ1) is 16.3. The smallest absolute Gasteiger partial charge is 0.168 e. The average molecular weight is 331 g/mol. The van der Waals surface area contributed by atoms with Gasteiger partial charge in [0.05, 0.1) is 0 Å². The third-order valence-corrected chi connectivity index (χ3v) is 3.82. The zero-order chi connectivity index (χ0) is 14.5. The summed E-state index contributed by atoms with van der Waals surface area (Å²) in [5, 5.41) is 0. The summed E-state index contributed by atoms with van der Waals surface area (Å²) in [7, 11) is 0. The molecule has 0 atom stereocenters. The van der Waals surface area contributed by atoms with Gasteiger partial charge in [0.1, 0.15) is 11.4 Å². The van der Waals surface area contributed by atoms with Crippen LogP contribution in [0, 0.1) is 5.82 Å². The van der Waals surface area contributed by atoms with Crippen molar-refractivity contribution in [2.45, 2.75) is 45.6 Å². The molecule has 0 unspecified atom stereocenters. The van der Waals surface area contributed by atoms with Crippen LogP contribution in [0.5, 0.6) is 0 Å². The lowest BCUT2D eigenvalue weighted by Crippen LogP contribution is -2.41. The van der Waals surface area contributed by atoms with Crippen LogP contribution in [0.3, 0.4) is 0 Å². The lowest BCUT2D eigenvalue weighted by atomic mass is 9.88. The van der Waals surface area contributed by atoms with Crippen LogP contribution in [0.4, 0.5) is 4.39 Å². The molecule has 0 fully saturated rings. The number of Topliss-reactive ketones (excluding diaryl/α,β-unsaturated/α-hetero) is 1. The first-order chi connectivity index (χ1) is 8.97. The van der Waals surface area contributed by atoms with Gasteiger partial charge in [0, 0.05) is 17.5 Å². The van der Waals surface area contributed by atoms with Gasteiger partial charge in [0.2, 0.25) is 0 Å². The van der Waals surface area contributed by atoms with Crippen LogP contribution in [0.15, 0.2) is 22.7 Å². The van der Waals surface area contributed by atoms with Crippen molar-refractivity contribution in [1.82, 2.24) is 0 Å². The van der Waals surface area contributed by atoms with Crippen LogP contribution in [-0.4, -0.2) is 18.0 Å². The predicted octanol–water partition coefficient (Wildman–Crippen LogP) is 4.30. The van der Waals surface area contributed by atoms with Gasteiger partial charge in [-0.15, -0.1) is 0 Å². The Morgan fingerprint density at radius 2 is 1.89 bits per heavy atom. The van der Waals surface area contributed by atoms with Crippen molar-refractivity contribution in [1.29, 1.82) is 0 Å². The molecule has 106 valence electrons. The number of ketones is 1. The van der Waals surface area contributed by atoms with E-state index in [1.807, 2.05) is 20.8 Å². The van der Waals surface area contributed by atoms with Gasteiger partial charge in [0.15, 0.2) is 5.78 Å². The summed E-state index contributed by atoms with van der Waals surface area (Å²) in [6, 6.07) is 4.54. The van der Waals surface area contributed by atoms with E-state index in [2.05, 4.69) is 15.9 Å². The van der Waals surface area contributed by atoms with Crippen LogP contribution in [0.1, 0.15) is 39.2 Å². The van der Waals surface area contributed by atoms with Gasteiger partial charge in [-0.1, -0.05) is 29.8 Å². The van der Waals surface area contributed by atoms with E-state index in [0.29, 0.717) is 29.5 Å². The maximum absolute atomic E-state index is 13.3. The molecule has 1 rings (SSSR count). The van der Waals surface area contributed by atoms with Gasteiger partial charge >= 0.3 is 0 Å². The molecule has 1 aromatic rings. The summed E-state index contributed by atoms with van der Waals surface area (Å²) in [4.78, 5) is 12.4. The second-order valence-corrected chi connectivity index (χ2v) is 5.43. The molecule has 0 aliphatic heterocycles. The molecule has 0 aromatic heterocycles. The quantitative estimate of drug-likeness (QED) is 0.745. The molecule has 0 N–H and O–H groups in total. The van der Waals surface area contributed by atoms with Gasteiger partial charge < -0.3 is 4.74 Å². The highest BCUT2D eigenvalue weighted by atomic mass is 79.9. The summed E-state index contributed by atoms with van der Waals surface area (Å²) in [6.45, 7) is 6.27. The standard InChI is InChI=1S/C15H20BrFO2/c1-4-15(5-2,19-6-3)14(18)9-11-7-12(16)10-13(17)8-11/h7-8,10H,4-6,9H2,1-3H3. The Balaban J connectivity index is 2.93. The zero-order valence-electron chi connectivity index (χ0n) is 11.6. The molecule has 0 saturated carbocycles. The van der Waals surface area contributed by atoms with Crippen molar-refractivity contribution in [2.75, 3.05) is 6.61 Å². The van der Waals surface area contributed by atoms with Crippen molar-refractivity contribution in [2.24, 2.45) is 0 Å². The van der Waals surface area contributed by atoms with Crippen LogP contribution >= 0.6 is 15.9 Å². The van der Waals surface area contributed by atoms with Gasteiger partial charge in [-0.2, -0.15) is 0 Å². The average Bonchev–Trinajstić information content (AvgIpc) is 2.34. The highest BCUT2D eigenvalue weighted by Gasteiger charge is 2.34. The molecule has 0 spiro atoms. The Morgan fingerprint density at radius 3 is 2.37 bits per heavy atom. The minimum atomic E-state index is -0.743. The number of hydrogen-bond acceptors (Lipinski definition) is 2. The summed E-state index contributed by atoms with van der Waals surface area (Å²) in [5.74, 6) is -0.330. The Labute approximate surface area is 122 Å². The van der Waals surface area contributed by atoms with Crippen LogP contribution < -0.4 is 0 Å². The van der Waals surface area contributed by atoms with E-state index in [1.54, 1.807) is 6.07 Å². The summed E-state index contributed by atoms with van der Waals surface area (Å²) in [6.07, 6.45) is 1.46. The van der Waals surface area contributed by atoms with Crippen LogP contribution in [0.2, 0.25) is 0 Å². The Kier molecular flexibility index (Phi) is 6.14. The number of benzene rings is 1. The number of halogens is 2. The van der Waals surface area contributed by atoms with Gasteiger partial charge in [-0.05, 0) is 43.5 Å². The number of hydrogen-bond donors (Lipinski definition) is 0. The van der Waals surface area contributed by atoms with Crippen molar-refractivity contribution >= 4 is 21.7 Å². The van der Waals surface area contributed by atoms with Gasteiger partial charge in [0.25, 0.3) is 0 Å². The molecule has 0 radical (unpaired) electrons. The molecule has 4 heteroatoms. The van der Waals surface area contributed by atoms with Gasteiger partial charge in [-0.25, -0.2) is 4.39 Å². The van der Waals surface area contributed by atoms with E-state index in [-0.39, 0.29) is 18.0 Å². The second kappa shape index (κ2) is 7.15. The SMILES string of the molecule is CCOC(CC)(CC)C(=O)Cc1cc(F)cc(Br)c1. The molecule has 19 heavy (non-hydrogen) atoms. The third kappa shape index (κ3) is 4.11. The Bertz CT molecular complexity index is 422. The number of ether oxygens (including phenoxy) is 1. The molecular weight excluding hydrogens is 311 g/mol. The fourth-order valence-corrected chi connectivity index (χ4v) is 2.78. The molecule has 0 aliphatic rings. The highest BCUT2D eigenvalue weighted by Crippen LogP contribution is 2.25. The van der Waals surface area contributed by atoms with E-state index in [4.69, 9.17) is 4.74 Å². The molecule has 0 saturated heterocycles. The fraction of sp³-hybridized carbons (Fsp3) is 0.533. The number of carbonyl (C=O) groups excluding carboxylic acids is 1.